The van der Waals surface area contributed by atoms with Gasteiger partial charge in [-0.25, -0.2) is 4.98 Å². The number of carbonyl (C=O) groups is 1. The number of fused-ring (bicyclic) bond motifs is 1. The van der Waals surface area contributed by atoms with E-state index in [1.165, 1.54) is 0 Å². The number of hydrogen-bond acceptors (Lipinski definition) is 3. The van der Waals surface area contributed by atoms with Gasteiger partial charge < -0.3 is 15.2 Å². The van der Waals surface area contributed by atoms with Crippen LogP contribution in [0.25, 0.3) is 11.0 Å². The standard InChI is InChI=1S/C21H23ClN4O/c22-17-6-7-19-18(14-17)25-15-26(19)13-12-24-20(27)21(8-10-23-11-9-21)16-4-2-1-3-5-16/h1-7,14-15,23H,8-13H2,(H,24,27). The van der Waals surface area contributed by atoms with Crippen molar-refractivity contribution in [2.24, 2.45) is 0 Å². The van der Waals surface area contributed by atoms with Gasteiger partial charge in [0.15, 0.2) is 0 Å². The fraction of sp³-hybridized carbons (Fsp3) is 0.333. The van der Waals surface area contributed by atoms with Crippen molar-refractivity contribution < 1.29 is 4.79 Å². The van der Waals surface area contributed by atoms with Crippen LogP contribution in [-0.2, 0) is 16.8 Å². The van der Waals surface area contributed by atoms with Crippen molar-refractivity contribution in [3.05, 3.63) is 65.4 Å². The summed E-state index contributed by atoms with van der Waals surface area (Å²) in [6.45, 7) is 2.95. The lowest BCUT2D eigenvalue weighted by Crippen LogP contribution is -2.51. The van der Waals surface area contributed by atoms with E-state index < -0.39 is 5.41 Å². The Morgan fingerprint density at radius 3 is 2.74 bits per heavy atom. The lowest BCUT2D eigenvalue weighted by atomic mass is 9.72. The number of halogens is 1. The fourth-order valence-corrected chi connectivity index (χ4v) is 4.10. The highest BCUT2D eigenvalue weighted by atomic mass is 35.5. The molecule has 1 amide bonds. The largest absolute Gasteiger partial charge is 0.354 e. The second-order valence-corrected chi connectivity index (χ2v) is 7.46. The van der Waals surface area contributed by atoms with E-state index in [1.54, 1.807) is 6.33 Å². The van der Waals surface area contributed by atoms with Gasteiger partial charge in [0, 0.05) is 18.1 Å². The van der Waals surface area contributed by atoms with Crippen LogP contribution >= 0.6 is 11.6 Å². The van der Waals surface area contributed by atoms with Crippen molar-refractivity contribution in [1.29, 1.82) is 0 Å². The fourth-order valence-electron chi connectivity index (χ4n) is 3.93. The van der Waals surface area contributed by atoms with E-state index in [1.807, 2.05) is 41.0 Å². The van der Waals surface area contributed by atoms with Gasteiger partial charge in [0.05, 0.1) is 22.8 Å². The summed E-state index contributed by atoms with van der Waals surface area (Å²) in [6, 6.07) is 15.8. The van der Waals surface area contributed by atoms with Crippen molar-refractivity contribution in [2.45, 2.75) is 24.8 Å². The molecule has 4 rings (SSSR count). The molecule has 0 bridgehead atoms. The third-order valence-electron chi connectivity index (χ3n) is 5.44. The minimum Gasteiger partial charge on any atom is -0.354 e. The molecule has 1 saturated heterocycles. The number of nitrogens with one attached hydrogen (secondary N) is 2. The first-order chi connectivity index (χ1) is 13.2. The summed E-state index contributed by atoms with van der Waals surface area (Å²) >= 11 is 6.02. The quantitative estimate of drug-likeness (QED) is 0.712. The molecule has 3 aromatic rings. The minimum atomic E-state index is -0.447. The number of carbonyl (C=O) groups excluding carboxylic acids is 1. The van der Waals surface area contributed by atoms with Crippen LogP contribution in [0.2, 0.25) is 5.02 Å². The highest BCUT2D eigenvalue weighted by molar-refractivity contribution is 6.31. The predicted molar refractivity (Wildman–Crippen MR) is 108 cm³/mol. The maximum Gasteiger partial charge on any atom is 0.230 e. The van der Waals surface area contributed by atoms with E-state index >= 15 is 0 Å². The summed E-state index contributed by atoms with van der Waals surface area (Å²) in [5.41, 5.74) is 2.55. The SMILES string of the molecule is O=C(NCCn1cnc2cc(Cl)ccc21)C1(c2ccccc2)CCNCC1. The Morgan fingerprint density at radius 1 is 1.19 bits per heavy atom. The number of imidazole rings is 1. The molecule has 0 atom stereocenters. The summed E-state index contributed by atoms with van der Waals surface area (Å²) in [5.74, 6) is 0.114. The number of piperidine rings is 1. The molecular weight excluding hydrogens is 360 g/mol. The number of rotatable bonds is 5. The third-order valence-corrected chi connectivity index (χ3v) is 5.67. The van der Waals surface area contributed by atoms with E-state index in [0.717, 1.165) is 42.5 Å². The second-order valence-electron chi connectivity index (χ2n) is 7.03. The Morgan fingerprint density at radius 2 is 1.96 bits per heavy atom. The molecule has 1 aliphatic heterocycles. The number of benzene rings is 2. The van der Waals surface area contributed by atoms with Gasteiger partial charge in [-0.1, -0.05) is 41.9 Å². The molecule has 2 N–H and O–H groups in total. The van der Waals surface area contributed by atoms with Gasteiger partial charge in [-0.3, -0.25) is 4.79 Å². The van der Waals surface area contributed by atoms with Gasteiger partial charge in [0.2, 0.25) is 5.91 Å². The number of nitrogens with zero attached hydrogens (tertiary/aromatic N) is 2. The first-order valence-electron chi connectivity index (χ1n) is 9.34. The van der Waals surface area contributed by atoms with Gasteiger partial charge in [-0.05, 0) is 49.7 Å². The average molecular weight is 383 g/mol. The monoisotopic (exact) mass is 382 g/mol. The van der Waals surface area contributed by atoms with Crippen molar-refractivity contribution in [2.75, 3.05) is 19.6 Å². The van der Waals surface area contributed by atoms with E-state index in [-0.39, 0.29) is 5.91 Å². The van der Waals surface area contributed by atoms with Crippen LogP contribution in [0.4, 0.5) is 0 Å². The zero-order valence-corrected chi connectivity index (χ0v) is 15.9. The molecule has 0 spiro atoms. The maximum absolute atomic E-state index is 13.2. The van der Waals surface area contributed by atoms with Crippen molar-refractivity contribution in [1.82, 2.24) is 20.2 Å². The number of aromatic nitrogens is 2. The molecule has 6 heteroatoms. The molecule has 27 heavy (non-hydrogen) atoms. The van der Waals surface area contributed by atoms with Crippen LogP contribution in [0, 0.1) is 0 Å². The van der Waals surface area contributed by atoms with Crippen molar-refractivity contribution >= 4 is 28.5 Å². The Bertz CT molecular complexity index is 932. The third kappa shape index (κ3) is 3.57. The molecule has 140 valence electrons. The molecule has 0 unspecified atom stereocenters. The molecule has 0 radical (unpaired) electrons. The summed E-state index contributed by atoms with van der Waals surface area (Å²) in [4.78, 5) is 17.6. The summed E-state index contributed by atoms with van der Waals surface area (Å²) < 4.78 is 2.05. The van der Waals surface area contributed by atoms with Crippen LogP contribution in [0.15, 0.2) is 54.9 Å². The van der Waals surface area contributed by atoms with Crippen LogP contribution in [0.1, 0.15) is 18.4 Å². The molecule has 0 saturated carbocycles. The van der Waals surface area contributed by atoms with E-state index in [2.05, 4.69) is 27.8 Å². The lowest BCUT2D eigenvalue weighted by Gasteiger charge is -2.36. The Kier molecular flexibility index (Phi) is 5.14. The number of hydrogen-bond donors (Lipinski definition) is 2. The molecule has 2 heterocycles. The smallest absolute Gasteiger partial charge is 0.230 e. The van der Waals surface area contributed by atoms with Crippen LogP contribution < -0.4 is 10.6 Å². The zero-order valence-electron chi connectivity index (χ0n) is 15.1. The molecule has 0 aliphatic carbocycles. The Hall–Kier alpha value is -2.37. The summed E-state index contributed by atoms with van der Waals surface area (Å²) in [7, 11) is 0. The van der Waals surface area contributed by atoms with Crippen molar-refractivity contribution in [3.8, 4) is 0 Å². The molecule has 1 aromatic heterocycles. The van der Waals surface area contributed by atoms with E-state index in [9.17, 15) is 4.79 Å². The van der Waals surface area contributed by atoms with E-state index in [0.29, 0.717) is 18.1 Å². The predicted octanol–water partition coefficient (Wildman–Crippen LogP) is 3.13. The Balaban J connectivity index is 1.47. The topological polar surface area (TPSA) is 59.0 Å². The van der Waals surface area contributed by atoms with Gasteiger partial charge >= 0.3 is 0 Å². The molecule has 1 aliphatic rings. The Labute approximate surface area is 163 Å². The highest BCUT2D eigenvalue weighted by Crippen LogP contribution is 2.33. The molecular formula is C21H23ClN4O. The molecule has 5 nitrogen and oxygen atoms in total. The number of amides is 1. The summed E-state index contributed by atoms with van der Waals surface area (Å²) in [5, 5.41) is 7.21. The first kappa shape index (κ1) is 18.0. The normalized spacial score (nSPS) is 16.3. The first-order valence-corrected chi connectivity index (χ1v) is 9.72. The minimum absolute atomic E-state index is 0.114. The van der Waals surface area contributed by atoms with Crippen LogP contribution in [0.5, 0.6) is 0 Å². The zero-order chi connectivity index (χ0) is 18.7. The van der Waals surface area contributed by atoms with Gasteiger partial charge in [-0.15, -0.1) is 0 Å². The van der Waals surface area contributed by atoms with Gasteiger partial charge in [-0.2, -0.15) is 0 Å². The lowest BCUT2D eigenvalue weighted by molar-refractivity contribution is -0.127. The summed E-state index contributed by atoms with van der Waals surface area (Å²) in [6.07, 6.45) is 3.43. The van der Waals surface area contributed by atoms with Gasteiger partial charge in [0.25, 0.3) is 0 Å². The van der Waals surface area contributed by atoms with Crippen LogP contribution in [0.3, 0.4) is 0 Å². The maximum atomic E-state index is 13.2. The molecule has 2 aromatic carbocycles. The highest BCUT2D eigenvalue weighted by Gasteiger charge is 2.40. The average Bonchev–Trinajstić information content (AvgIpc) is 3.11. The second kappa shape index (κ2) is 7.71. The van der Waals surface area contributed by atoms with Gasteiger partial charge in [0.1, 0.15) is 0 Å². The van der Waals surface area contributed by atoms with Crippen LogP contribution in [-0.4, -0.2) is 35.1 Å². The van der Waals surface area contributed by atoms with Crippen molar-refractivity contribution in [3.63, 3.8) is 0 Å². The van der Waals surface area contributed by atoms with E-state index in [4.69, 9.17) is 11.6 Å². The molecule has 1 fully saturated rings.